The van der Waals surface area contributed by atoms with Crippen LogP contribution in [0.2, 0.25) is 0 Å². The molecule has 1 aromatic heterocycles. The van der Waals surface area contributed by atoms with Crippen molar-refractivity contribution < 1.29 is 4.79 Å². The highest BCUT2D eigenvalue weighted by Gasteiger charge is 2.32. The molecule has 0 aliphatic carbocycles. The molecule has 19 heavy (non-hydrogen) atoms. The Bertz CT molecular complexity index is 434. The number of hydrogen-bond donors (Lipinski definition) is 1. The summed E-state index contributed by atoms with van der Waals surface area (Å²) in [6.07, 6.45) is 6.63. The van der Waals surface area contributed by atoms with Crippen LogP contribution >= 0.6 is 0 Å². The van der Waals surface area contributed by atoms with Gasteiger partial charge in [0.2, 0.25) is 5.91 Å². The van der Waals surface area contributed by atoms with Crippen molar-refractivity contribution in [2.75, 3.05) is 19.6 Å². The van der Waals surface area contributed by atoms with Gasteiger partial charge in [-0.15, -0.1) is 0 Å². The molecule has 1 amide bonds. The molecule has 1 aromatic rings. The maximum atomic E-state index is 12.4. The van der Waals surface area contributed by atoms with E-state index in [1.165, 1.54) is 0 Å². The van der Waals surface area contributed by atoms with Crippen LogP contribution in [0.25, 0.3) is 0 Å². The lowest BCUT2D eigenvalue weighted by molar-refractivity contribution is -0.132. The SMILES string of the molecule is O=C1C[C@@H]2CCNC[C@@H]2CCN1Cc1cccnc1. The predicted octanol–water partition coefficient (Wildman–Crippen LogP) is 1.43. The average molecular weight is 259 g/mol. The molecule has 4 heteroatoms. The molecule has 2 saturated heterocycles. The Balaban J connectivity index is 1.67. The van der Waals surface area contributed by atoms with Gasteiger partial charge in [-0.3, -0.25) is 9.78 Å². The van der Waals surface area contributed by atoms with Crippen LogP contribution in [0.15, 0.2) is 24.5 Å². The molecule has 1 N–H and O–H groups in total. The highest BCUT2D eigenvalue weighted by atomic mass is 16.2. The van der Waals surface area contributed by atoms with Gasteiger partial charge in [0.25, 0.3) is 0 Å². The van der Waals surface area contributed by atoms with Gasteiger partial charge < -0.3 is 10.2 Å². The van der Waals surface area contributed by atoms with Gasteiger partial charge in [-0.2, -0.15) is 0 Å². The van der Waals surface area contributed by atoms with E-state index in [4.69, 9.17) is 0 Å². The fourth-order valence-corrected chi connectivity index (χ4v) is 3.26. The smallest absolute Gasteiger partial charge is 0.223 e. The summed E-state index contributed by atoms with van der Waals surface area (Å²) < 4.78 is 0. The number of nitrogens with zero attached hydrogens (tertiary/aromatic N) is 2. The first-order valence-electron chi connectivity index (χ1n) is 7.20. The Labute approximate surface area is 114 Å². The third-order valence-electron chi connectivity index (χ3n) is 4.42. The molecule has 0 spiro atoms. The summed E-state index contributed by atoms with van der Waals surface area (Å²) in [6.45, 7) is 3.74. The monoisotopic (exact) mass is 259 g/mol. The molecule has 2 aliphatic heterocycles. The topological polar surface area (TPSA) is 45.2 Å². The number of likely N-dealkylation sites (tertiary alicyclic amines) is 1. The summed E-state index contributed by atoms with van der Waals surface area (Å²) in [5, 5.41) is 3.45. The lowest BCUT2D eigenvalue weighted by atomic mass is 9.83. The largest absolute Gasteiger partial charge is 0.338 e. The number of amides is 1. The first-order valence-corrected chi connectivity index (χ1v) is 7.20. The highest BCUT2D eigenvalue weighted by Crippen LogP contribution is 2.29. The van der Waals surface area contributed by atoms with E-state index >= 15 is 0 Å². The van der Waals surface area contributed by atoms with Crippen LogP contribution in [-0.4, -0.2) is 35.4 Å². The third-order valence-corrected chi connectivity index (χ3v) is 4.42. The van der Waals surface area contributed by atoms with Crippen molar-refractivity contribution in [3.63, 3.8) is 0 Å². The maximum absolute atomic E-state index is 12.4. The molecule has 3 heterocycles. The van der Waals surface area contributed by atoms with Crippen LogP contribution in [-0.2, 0) is 11.3 Å². The van der Waals surface area contributed by atoms with E-state index in [9.17, 15) is 4.79 Å². The minimum atomic E-state index is 0.318. The maximum Gasteiger partial charge on any atom is 0.223 e. The molecule has 3 rings (SSSR count). The Morgan fingerprint density at radius 3 is 3.16 bits per heavy atom. The first-order chi connectivity index (χ1) is 9.33. The fraction of sp³-hybridized carbons (Fsp3) is 0.600. The van der Waals surface area contributed by atoms with Gasteiger partial charge >= 0.3 is 0 Å². The number of hydrogen-bond acceptors (Lipinski definition) is 3. The molecule has 4 nitrogen and oxygen atoms in total. The Morgan fingerprint density at radius 2 is 2.32 bits per heavy atom. The van der Waals surface area contributed by atoms with E-state index in [0.717, 1.165) is 44.5 Å². The van der Waals surface area contributed by atoms with Crippen molar-refractivity contribution in [3.8, 4) is 0 Å². The molecule has 2 fully saturated rings. The summed E-state index contributed by atoms with van der Waals surface area (Å²) in [6, 6.07) is 3.97. The minimum Gasteiger partial charge on any atom is -0.338 e. The van der Waals surface area contributed by atoms with Crippen molar-refractivity contribution in [1.29, 1.82) is 0 Å². The Kier molecular flexibility index (Phi) is 3.78. The number of rotatable bonds is 2. The van der Waals surface area contributed by atoms with Gasteiger partial charge in [-0.05, 0) is 49.4 Å². The fourth-order valence-electron chi connectivity index (χ4n) is 3.26. The molecule has 0 aromatic carbocycles. The molecule has 0 bridgehead atoms. The van der Waals surface area contributed by atoms with E-state index < -0.39 is 0 Å². The van der Waals surface area contributed by atoms with E-state index in [1.807, 2.05) is 23.2 Å². The summed E-state index contributed by atoms with van der Waals surface area (Å²) >= 11 is 0. The number of fused-ring (bicyclic) bond motifs is 1. The summed E-state index contributed by atoms with van der Waals surface area (Å²) in [5.41, 5.74) is 1.12. The third kappa shape index (κ3) is 2.95. The van der Waals surface area contributed by atoms with Crippen LogP contribution in [0, 0.1) is 11.8 Å². The number of piperidine rings is 1. The van der Waals surface area contributed by atoms with Crippen molar-refractivity contribution in [2.24, 2.45) is 11.8 Å². The number of carbonyl (C=O) groups excluding carboxylic acids is 1. The van der Waals surface area contributed by atoms with Crippen molar-refractivity contribution in [1.82, 2.24) is 15.2 Å². The number of aromatic nitrogens is 1. The molecular weight excluding hydrogens is 238 g/mol. The summed E-state index contributed by atoms with van der Waals surface area (Å²) in [4.78, 5) is 18.5. The molecular formula is C15H21N3O. The lowest BCUT2D eigenvalue weighted by Crippen LogP contribution is -2.36. The van der Waals surface area contributed by atoms with E-state index in [1.54, 1.807) is 6.20 Å². The zero-order valence-electron chi connectivity index (χ0n) is 11.2. The van der Waals surface area contributed by atoms with Crippen LogP contribution in [0.3, 0.4) is 0 Å². The molecule has 2 aliphatic rings. The summed E-state index contributed by atoms with van der Waals surface area (Å²) in [7, 11) is 0. The van der Waals surface area contributed by atoms with E-state index in [2.05, 4.69) is 10.3 Å². The van der Waals surface area contributed by atoms with Gasteiger partial charge in [-0.25, -0.2) is 0 Å². The molecule has 0 radical (unpaired) electrons. The summed E-state index contributed by atoms with van der Waals surface area (Å²) in [5.74, 6) is 1.59. The van der Waals surface area contributed by atoms with Crippen LogP contribution in [0.1, 0.15) is 24.8 Å². The Hall–Kier alpha value is -1.42. The number of nitrogens with one attached hydrogen (secondary N) is 1. The Morgan fingerprint density at radius 1 is 1.37 bits per heavy atom. The second kappa shape index (κ2) is 5.70. The zero-order valence-corrected chi connectivity index (χ0v) is 11.2. The normalized spacial score (nSPS) is 27.8. The van der Waals surface area contributed by atoms with Gasteiger partial charge in [0.1, 0.15) is 0 Å². The minimum absolute atomic E-state index is 0.318. The standard InChI is InChI=1S/C15H21N3O/c19-15-8-13-3-6-17-10-14(13)4-7-18(15)11-12-2-1-5-16-9-12/h1-2,5,9,13-14,17H,3-4,6-8,10-11H2/t13-,14-/m0/s1. The van der Waals surface area contributed by atoms with Gasteiger partial charge in [0.05, 0.1) is 0 Å². The average Bonchev–Trinajstić information content (AvgIpc) is 2.60. The predicted molar refractivity (Wildman–Crippen MR) is 73.4 cm³/mol. The first kappa shape index (κ1) is 12.6. The molecule has 102 valence electrons. The van der Waals surface area contributed by atoms with Crippen LogP contribution in [0.5, 0.6) is 0 Å². The van der Waals surface area contributed by atoms with Gasteiger partial charge in [0, 0.05) is 31.9 Å². The zero-order chi connectivity index (χ0) is 13.1. The van der Waals surface area contributed by atoms with Crippen LogP contribution in [0.4, 0.5) is 0 Å². The van der Waals surface area contributed by atoms with Crippen molar-refractivity contribution >= 4 is 5.91 Å². The number of pyridine rings is 1. The van der Waals surface area contributed by atoms with Gasteiger partial charge in [-0.1, -0.05) is 6.07 Å². The molecule has 0 saturated carbocycles. The molecule has 2 atom stereocenters. The number of carbonyl (C=O) groups is 1. The highest BCUT2D eigenvalue weighted by molar-refractivity contribution is 5.76. The second-order valence-electron chi connectivity index (χ2n) is 5.68. The molecule has 0 unspecified atom stereocenters. The van der Waals surface area contributed by atoms with Crippen LogP contribution < -0.4 is 5.32 Å². The van der Waals surface area contributed by atoms with Crippen molar-refractivity contribution in [2.45, 2.75) is 25.8 Å². The van der Waals surface area contributed by atoms with E-state index in [-0.39, 0.29) is 0 Å². The quantitative estimate of drug-likeness (QED) is 0.874. The van der Waals surface area contributed by atoms with E-state index in [0.29, 0.717) is 24.3 Å². The van der Waals surface area contributed by atoms with Crippen molar-refractivity contribution in [3.05, 3.63) is 30.1 Å². The lowest BCUT2D eigenvalue weighted by Gasteiger charge is -2.29. The van der Waals surface area contributed by atoms with Gasteiger partial charge in [0.15, 0.2) is 0 Å². The second-order valence-corrected chi connectivity index (χ2v) is 5.68.